The van der Waals surface area contributed by atoms with Crippen molar-refractivity contribution in [1.82, 2.24) is 5.32 Å². The third kappa shape index (κ3) is 3.42. The topological polar surface area (TPSA) is 12.0 Å². The average Bonchev–Trinajstić information content (AvgIpc) is 2.17. The largest absolute Gasteiger partial charge is 0.300 e. The van der Waals surface area contributed by atoms with Crippen LogP contribution in [-0.4, -0.2) is 6.54 Å². The van der Waals surface area contributed by atoms with Gasteiger partial charge in [-0.15, -0.1) is 5.92 Å². The monoisotopic (exact) mass is 201 g/mol. The molecule has 15 heavy (non-hydrogen) atoms. The summed E-state index contributed by atoms with van der Waals surface area (Å²) in [6.07, 6.45) is 0. The van der Waals surface area contributed by atoms with Gasteiger partial charge in [-0.1, -0.05) is 29.7 Å². The van der Waals surface area contributed by atoms with Crippen LogP contribution in [0.3, 0.4) is 0 Å². The van der Waals surface area contributed by atoms with Gasteiger partial charge in [0.15, 0.2) is 0 Å². The molecule has 1 aromatic carbocycles. The van der Waals surface area contributed by atoms with Crippen molar-refractivity contribution >= 4 is 0 Å². The minimum Gasteiger partial charge on any atom is -0.300 e. The van der Waals surface area contributed by atoms with Crippen molar-refractivity contribution in [3.8, 4) is 11.8 Å². The maximum Gasteiger partial charge on any atom is 0.0581 e. The van der Waals surface area contributed by atoms with Gasteiger partial charge in [0.25, 0.3) is 0 Å². The zero-order valence-electron chi connectivity index (χ0n) is 10.0. The fraction of sp³-hybridized carbons (Fsp3) is 0.429. The molecule has 1 heteroatoms. The Balaban J connectivity index is 2.71. The smallest absolute Gasteiger partial charge is 0.0581 e. The van der Waals surface area contributed by atoms with E-state index < -0.39 is 0 Å². The first-order valence-electron chi connectivity index (χ1n) is 5.35. The Morgan fingerprint density at radius 1 is 1.33 bits per heavy atom. The van der Waals surface area contributed by atoms with Crippen molar-refractivity contribution in [2.45, 2.75) is 33.7 Å². The third-order valence-corrected chi connectivity index (χ3v) is 2.57. The van der Waals surface area contributed by atoms with E-state index in [9.17, 15) is 0 Å². The van der Waals surface area contributed by atoms with E-state index in [1.165, 1.54) is 16.7 Å². The summed E-state index contributed by atoms with van der Waals surface area (Å²) in [5.74, 6) is 5.90. The molecule has 1 unspecified atom stereocenters. The van der Waals surface area contributed by atoms with E-state index in [1.807, 2.05) is 6.92 Å². The molecule has 0 saturated carbocycles. The van der Waals surface area contributed by atoms with Crippen LogP contribution in [-0.2, 0) is 0 Å². The van der Waals surface area contributed by atoms with E-state index in [4.69, 9.17) is 0 Å². The SMILES string of the molecule is CC#CCNC(C)c1ccc(C)cc1C. The minimum absolute atomic E-state index is 0.367. The number of hydrogen-bond acceptors (Lipinski definition) is 1. The van der Waals surface area contributed by atoms with Gasteiger partial charge in [-0.2, -0.15) is 0 Å². The Labute approximate surface area is 92.9 Å². The van der Waals surface area contributed by atoms with E-state index in [-0.39, 0.29) is 0 Å². The van der Waals surface area contributed by atoms with E-state index >= 15 is 0 Å². The Bertz CT molecular complexity index is 382. The molecule has 0 heterocycles. The zero-order chi connectivity index (χ0) is 11.3. The van der Waals surface area contributed by atoms with E-state index in [2.05, 4.69) is 56.1 Å². The molecule has 1 nitrogen and oxygen atoms in total. The Morgan fingerprint density at radius 3 is 2.67 bits per heavy atom. The molecule has 0 fully saturated rings. The molecule has 1 atom stereocenters. The first-order valence-corrected chi connectivity index (χ1v) is 5.35. The normalized spacial score (nSPS) is 11.7. The third-order valence-electron chi connectivity index (χ3n) is 2.57. The second-order valence-corrected chi connectivity index (χ2v) is 3.89. The van der Waals surface area contributed by atoms with Crippen LogP contribution >= 0.6 is 0 Å². The maximum absolute atomic E-state index is 3.39. The van der Waals surface area contributed by atoms with Crippen molar-refractivity contribution in [3.05, 3.63) is 34.9 Å². The van der Waals surface area contributed by atoms with Crippen LogP contribution in [0.5, 0.6) is 0 Å². The zero-order valence-corrected chi connectivity index (χ0v) is 10.0. The molecule has 0 aliphatic heterocycles. The van der Waals surface area contributed by atoms with Gasteiger partial charge in [-0.3, -0.25) is 5.32 Å². The lowest BCUT2D eigenvalue weighted by Crippen LogP contribution is -2.19. The van der Waals surface area contributed by atoms with E-state index in [1.54, 1.807) is 0 Å². The fourth-order valence-electron chi connectivity index (χ4n) is 1.71. The highest BCUT2D eigenvalue weighted by molar-refractivity contribution is 5.32. The summed E-state index contributed by atoms with van der Waals surface area (Å²) in [6.45, 7) is 9.08. The van der Waals surface area contributed by atoms with Gasteiger partial charge in [0.1, 0.15) is 0 Å². The van der Waals surface area contributed by atoms with Gasteiger partial charge in [0.2, 0.25) is 0 Å². The quantitative estimate of drug-likeness (QED) is 0.741. The molecule has 1 N–H and O–H groups in total. The molecule has 1 aromatic rings. The van der Waals surface area contributed by atoms with Gasteiger partial charge in [0.05, 0.1) is 6.54 Å². The summed E-state index contributed by atoms with van der Waals surface area (Å²) in [7, 11) is 0. The standard InChI is InChI=1S/C14H19N/c1-5-6-9-15-13(4)14-8-7-11(2)10-12(14)3/h7-8,10,13,15H,9H2,1-4H3. The van der Waals surface area contributed by atoms with Crippen LogP contribution in [0.4, 0.5) is 0 Å². The van der Waals surface area contributed by atoms with E-state index in [0.717, 1.165) is 6.54 Å². The first-order chi connectivity index (χ1) is 7.15. The van der Waals surface area contributed by atoms with E-state index in [0.29, 0.717) is 6.04 Å². The maximum atomic E-state index is 3.39. The molecule has 1 rings (SSSR count). The van der Waals surface area contributed by atoms with Crippen LogP contribution in [0.1, 0.15) is 36.6 Å². The predicted octanol–water partition coefficient (Wildman–Crippen LogP) is 2.98. The minimum atomic E-state index is 0.367. The summed E-state index contributed by atoms with van der Waals surface area (Å²) in [6, 6.07) is 6.94. The molecule has 0 spiro atoms. The van der Waals surface area contributed by atoms with Gasteiger partial charge in [0, 0.05) is 6.04 Å². The molecule has 0 aliphatic rings. The second kappa shape index (κ2) is 5.58. The predicted molar refractivity (Wildman–Crippen MR) is 65.8 cm³/mol. The second-order valence-electron chi connectivity index (χ2n) is 3.89. The number of hydrogen-bond donors (Lipinski definition) is 1. The molecule has 80 valence electrons. The van der Waals surface area contributed by atoms with Crippen molar-refractivity contribution in [2.75, 3.05) is 6.54 Å². The van der Waals surface area contributed by atoms with Gasteiger partial charge >= 0.3 is 0 Å². The van der Waals surface area contributed by atoms with Crippen LogP contribution in [0.15, 0.2) is 18.2 Å². The molecule has 0 radical (unpaired) electrons. The number of rotatable bonds is 3. The molecular formula is C14H19N. The van der Waals surface area contributed by atoms with Gasteiger partial charge in [-0.05, 0) is 38.8 Å². The van der Waals surface area contributed by atoms with Crippen LogP contribution in [0.2, 0.25) is 0 Å². The molecule has 0 bridgehead atoms. The highest BCUT2D eigenvalue weighted by Gasteiger charge is 2.06. The molecule has 0 saturated heterocycles. The number of aryl methyl sites for hydroxylation is 2. The van der Waals surface area contributed by atoms with Gasteiger partial charge < -0.3 is 0 Å². The van der Waals surface area contributed by atoms with Crippen molar-refractivity contribution in [1.29, 1.82) is 0 Å². The average molecular weight is 201 g/mol. The first kappa shape index (κ1) is 11.8. The number of benzene rings is 1. The fourth-order valence-corrected chi connectivity index (χ4v) is 1.71. The van der Waals surface area contributed by atoms with Crippen molar-refractivity contribution in [3.63, 3.8) is 0 Å². The van der Waals surface area contributed by atoms with Crippen LogP contribution in [0, 0.1) is 25.7 Å². The Morgan fingerprint density at radius 2 is 2.07 bits per heavy atom. The lowest BCUT2D eigenvalue weighted by molar-refractivity contribution is 0.620. The van der Waals surface area contributed by atoms with Crippen molar-refractivity contribution < 1.29 is 0 Å². The molecular weight excluding hydrogens is 182 g/mol. The summed E-state index contributed by atoms with van der Waals surface area (Å²) in [5, 5.41) is 3.39. The van der Waals surface area contributed by atoms with Crippen LogP contribution < -0.4 is 5.32 Å². The lowest BCUT2D eigenvalue weighted by Gasteiger charge is -2.15. The van der Waals surface area contributed by atoms with Crippen LogP contribution in [0.25, 0.3) is 0 Å². The summed E-state index contributed by atoms with van der Waals surface area (Å²) < 4.78 is 0. The van der Waals surface area contributed by atoms with Crippen molar-refractivity contribution in [2.24, 2.45) is 0 Å². The Kier molecular flexibility index (Phi) is 4.39. The lowest BCUT2D eigenvalue weighted by atomic mass is 10.0. The summed E-state index contributed by atoms with van der Waals surface area (Å²) >= 11 is 0. The highest BCUT2D eigenvalue weighted by atomic mass is 14.9. The Hall–Kier alpha value is -1.26. The highest BCUT2D eigenvalue weighted by Crippen LogP contribution is 2.18. The van der Waals surface area contributed by atoms with Gasteiger partial charge in [-0.25, -0.2) is 0 Å². The summed E-state index contributed by atoms with van der Waals surface area (Å²) in [4.78, 5) is 0. The molecule has 0 amide bonds. The summed E-state index contributed by atoms with van der Waals surface area (Å²) in [5.41, 5.74) is 4.02. The number of nitrogens with one attached hydrogen (secondary N) is 1. The molecule has 0 aliphatic carbocycles. The molecule has 0 aromatic heterocycles.